The van der Waals surface area contributed by atoms with E-state index < -0.39 is 15.7 Å². The molecule has 1 aromatic heterocycles. The SMILES string of the molecule is N#Cc1ccc2c(-c3ccc(Cl)cc3)c(S(=O)(=O)c3ccc(F)cc3)cnc2c1. The predicted molar refractivity (Wildman–Crippen MR) is 109 cm³/mol. The minimum Gasteiger partial charge on any atom is -0.255 e. The fourth-order valence-electron chi connectivity index (χ4n) is 3.10. The molecule has 0 radical (unpaired) electrons. The summed E-state index contributed by atoms with van der Waals surface area (Å²) in [5.74, 6) is -0.525. The second-order valence-corrected chi connectivity index (χ2v) is 8.66. The molecule has 0 aliphatic rings. The van der Waals surface area contributed by atoms with Gasteiger partial charge in [0.25, 0.3) is 0 Å². The summed E-state index contributed by atoms with van der Waals surface area (Å²) < 4.78 is 40.0. The van der Waals surface area contributed by atoms with Crippen LogP contribution in [0.1, 0.15) is 5.56 Å². The van der Waals surface area contributed by atoms with Gasteiger partial charge in [-0.2, -0.15) is 5.26 Å². The smallest absolute Gasteiger partial charge is 0.208 e. The van der Waals surface area contributed by atoms with E-state index in [1.165, 1.54) is 18.3 Å². The summed E-state index contributed by atoms with van der Waals surface area (Å²) in [4.78, 5) is 4.22. The highest BCUT2D eigenvalue weighted by molar-refractivity contribution is 7.91. The first kappa shape index (κ1) is 19.1. The number of rotatable bonds is 3. The van der Waals surface area contributed by atoms with Crippen LogP contribution in [0.3, 0.4) is 0 Å². The third-order valence-electron chi connectivity index (χ3n) is 4.51. The Hall–Kier alpha value is -3.27. The molecule has 0 atom stereocenters. The Morgan fingerprint density at radius 1 is 0.966 bits per heavy atom. The second kappa shape index (κ2) is 7.28. The molecule has 29 heavy (non-hydrogen) atoms. The molecule has 0 N–H and O–H groups in total. The Kier molecular flexibility index (Phi) is 4.79. The van der Waals surface area contributed by atoms with Gasteiger partial charge in [-0.15, -0.1) is 0 Å². The highest BCUT2D eigenvalue weighted by Gasteiger charge is 2.25. The van der Waals surface area contributed by atoms with E-state index in [0.29, 0.717) is 32.6 Å². The first-order valence-electron chi connectivity index (χ1n) is 8.49. The van der Waals surface area contributed by atoms with Gasteiger partial charge in [-0.05, 0) is 54.1 Å². The first-order chi connectivity index (χ1) is 13.9. The molecule has 0 fully saturated rings. The Labute approximate surface area is 171 Å². The molecule has 0 unspecified atom stereocenters. The van der Waals surface area contributed by atoms with E-state index in [4.69, 9.17) is 16.9 Å². The van der Waals surface area contributed by atoms with E-state index >= 15 is 0 Å². The summed E-state index contributed by atoms with van der Waals surface area (Å²) in [6.45, 7) is 0. The van der Waals surface area contributed by atoms with Crippen molar-refractivity contribution in [3.05, 3.63) is 89.3 Å². The highest BCUT2D eigenvalue weighted by atomic mass is 35.5. The Bertz CT molecular complexity index is 1380. The number of fused-ring (bicyclic) bond motifs is 1. The van der Waals surface area contributed by atoms with Gasteiger partial charge in [0.2, 0.25) is 9.84 Å². The number of pyridine rings is 1. The number of hydrogen-bond acceptors (Lipinski definition) is 4. The number of nitrogens with zero attached hydrogens (tertiary/aromatic N) is 2. The number of hydrogen-bond donors (Lipinski definition) is 0. The fraction of sp³-hybridized carbons (Fsp3) is 0. The van der Waals surface area contributed by atoms with E-state index in [1.807, 2.05) is 0 Å². The van der Waals surface area contributed by atoms with Gasteiger partial charge in [0.05, 0.1) is 26.9 Å². The minimum atomic E-state index is -3.98. The van der Waals surface area contributed by atoms with Crippen LogP contribution in [0.5, 0.6) is 0 Å². The summed E-state index contributed by atoms with van der Waals surface area (Å²) in [5, 5.41) is 10.2. The molecule has 0 bridgehead atoms. The third-order valence-corrected chi connectivity index (χ3v) is 6.54. The van der Waals surface area contributed by atoms with Gasteiger partial charge < -0.3 is 0 Å². The van der Waals surface area contributed by atoms with Gasteiger partial charge in [0, 0.05) is 22.2 Å². The summed E-state index contributed by atoms with van der Waals surface area (Å²) in [5.41, 5.74) is 1.99. The molecule has 4 aromatic rings. The van der Waals surface area contributed by atoms with Crippen molar-refractivity contribution in [3.63, 3.8) is 0 Å². The van der Waals surface area contributed by atoms with Gasteiger partial charge >= 0.3 is 0 Å². The van der Waals surface area contributed by atoms with Crippen molar-refractivity contribution in [3.8, 4) is 17.2 Å². The van der Waals surface area contributed by atoms with Crippen LogP contribution in [-0.2, 0) is 9.84 Å². The largest absolute Gasteiger partial charge is 0.255 e. The Morgan fingerprint density at radius 2 is 1.66 bits per heavy atom. The quantitative estimate of drug-likeness (QED) is 0.414. The number of nitriles is 1. The van der Waals surface area contributed by atoms with Crippen molar-refractivity contribution in [2.75, 3.05) is 0 Å². The van der Waals surface area contributed by atoms with Crippen molar-refractivity contribution < 1.29 is 12.8 Å². The van der Waals surface area contributed by atoms with E-state index in [-0.39, 0.29) is 9.79 Å². The van der Waals surface area contributed by atoms with Crippen molar-refractivity contribution >= 4 is 32.3 Å². The molecule has 1 heterocycles. The summed E-state index contributed by atoms with van der Waals surface area (Å²) in [6.07, 6.45) is 1.27. The van der Waals surface area contributed by atoms with Crippen molar-refractivity contribution in [1.82, 2.24) is 4.98 Å². The fourth-order valence-corrected chi connectivity index (χ4v) is 4.67. The lowest BCUT2D eigenvalue weighted by Gasteiger charge is -2.14. The molecule has 4 rings (SSSR count). The molecule has 3 aromatic carbocycles. The minimum absolute atomic E-state index is 0.0105. The Balaban J connectivity index is 2.06. The van der Waals surface area contributed by atoms with Gasteiger partial charge in [0.15, 0.2) is 0 Å². The predicted octanol–water partition coefficient (Wildman–Crippen LogP) is 5.40. The van der Waals surface area contributed by atoms with Crippen LogP contribution in [0.15, 0.2) is 82.7 Å². The van der Waals surface area contributed by atoms with E-state index in [0.717, 1.165) is 12.1 Å². The average Bonchev–Trinajstić information content (AvgIpc) is 2.73. The van der Waals surface area contributed by atoms with Crippen LogP contribution < -0.4 is 0 Å². The van der Waals surface area contributed by atoms with E-state index in [2.05, 4.69) is 11.1 Å². The van der Waals surface area contributed by atoms with Gasteiger partial charge in [-0.25, -0.2) is 12.8 Å². The second-order valence-electron chi connectivity index (χ2n) is 6.31. The molecule has 0 spiro atoms. The molecular weight excluding hydrogens is 411 g/mol. The van der Waals surface area contributed by atoms with Crippen LogP contribution in [0.2, 0.25) is 5.02 Å². The molecule has 4 nitrogen and oxygen atoms in total. The van der Waals surface area contributed by atoms with Crippen LogP contribution in [-0.4, -0.2) is 13.4 Å². The van der Waals surface area contributed by atoms with Crippen LogP contribution in [0.4, 0.5) is 4.39 Å². The topological polar surface area (TPSA) is 70.8 Å². The average molecular weight is 423 g/mol. The molecule has 0 aliphatic carbocycles. The number of aromatic nitrogens is 1. The summed E-state index contributed by atoms with van der Waals surface area (Å²) >= 11 is 6.00. The maximum Gasteiger partial charge on any atom is 0.208 e. The molecule has 142 valence electrons. The maximum atomic E-state index is 13.3. The zero-order chi connectivity index (χ0) is 20.6. The van der Waals surface area contributed by atoms with Crippen molar-refractivity contribution in [2.24, 2.45) is 0 Å². The number of halogens is 2. The number of benzene rings is 3. The lowest BCUT2D eigenvalue weighted by molar-refractivity contribution is 0.595. The maximum absolute atomic E-state index is 13.3. The normalized spacial score (nSPS) is 11.3. The van der Waals surface area contributed by atoms with Gasteiger partial charge in [0.1, 0.15) is 5.82 Å². The molecule has 0 amide bonds. The monoisotopic (exact) mass is 422 g/mol. The van der Waals surface area contributed by atoms with Crippen LogP contribution >= 0.6 is 11.6 Å². The highest BCUT2D eigenvalue weighted by Crippen LogP contribution is 2.37. The third kappa shape index (κ3) is 3.46. The first-order valence-corrected chi connectivity index (χ1v) is 10.4. The lowest BCUT2D eigenvalue weighted by atomic mass is 10.0. The molecule has 7 heteroatoms. The van der Waals surface area contributed by atoms with E-state index in [9.17, 15) is 12.8 Å². The zero-order valence-corrected chi connectivity index (χ0v) is 16.4. The van der Waals surface area contributed by atoms with Gasteiger partial charge in [-0.1, -0.05) is 29.8 Å². The van der Waals surface area contributed by atoms with Crippen LogP contribution in [0.25, 0.3) is 22.0 Å². The Morgan fingerprint density at radius 3 is 2.31 bits per heavy atom. The van der Waals surface area contributed by atoms with E-state index in [1.54, 1.807) is 42.5 Å². The lowest BCUT2D eigenvalue weighted by Crippen LogP contribution is -2.06. The van der Waals surface area contributed by atoms with Gasteiger partial charge in [-0.3, -0.25) is 4.98 Å². The molecule has 0 saturated heterocycles. The molecule has 0 aliphatic heterocycles. The van der Waals surface area contributed by atoms with Crippen molar-refractivity contribution in [1.29, 1.82) is 5.26 Å². The summed E-state index contributed by atoms with van der Waals surface area (Å²) in [6, 6.07) is 18.4. The standard InChI is InChI=1S/C22H12ClFN2O2S/c23-16-4-2-15(3-5-16)22-19-10-1-14(12-25)11-20(19)26-13-21(22)29(27,28)18-8-6-17(24)7-9-18/h1-11,13H. The zero-order valence-electron chi connectivity index (χ0n) is 14.8. The van der Waals surface area contributed by atoms with Crippen LogP contribution in [0, 0.1) is 17.1 Å². The summed E-state index contributed by atoms with van der Waals surface area (Å²) in [7, 11) is -3.98. The molecular formula is C22H12ClFN2O2S. The number of sulfone groups is 1. The molecule has 0 saturated carbocycles. The van der Waals surface area contributed by atoms with Crippen molar-refractivity contribution in [2.45, 2.75) is 9.79 Å².